The van der Waals surface area contributed by atoms with Crippen LogP contribution in [0.25, 0.3) is 5.65 Å². The topological polar surface area (TPSA) is 105 Å². The first-order valence-electron chi connectivity index (χ1n) is 12.6. The van der Waals surface area contributed by atoms with Crippen molar-refractivity contribution in [2.24, 2.45) is 7.05 Å². The Kier molecular flexibility index (Phi) is 6.45. The number of hydrogen-bond donors (Lipinski definition) is 2. The summed E-state index contributed by atoms with van der Waals surface area (Å²) in [5.41, 5.74) is 4.71. The monoisotopic (exact) mass is 500 g/mol. The second-order valence-corrected chi connectivity index (χ2v) is 9.92. The van der Waals surface area contributed by atoms with Gasteiger partial charge in [0.2, 0.25) is 0 Å². The van der Waals surface area contributed by atoms with Gasteiger partial charge in [0.25, 0.3) is 5.56 Å². The number of piperidine rings is 1. The second-order valence-electron chi connectivity index (χ2n) is 9.92. The maximum absolute atomic E-state index is 13.5. The van der Waals surface area contributed by atoms with Gasteiger partial charge in [-0.05, 0) is 63.4 Å². The van der Waals surface area contributed by atoms with Crippen molar-refractivity contribution in [2.75, 3.05) is 23.3 Å². The predicted octanol–water partition coefficient (Wildman–Crippen LogP) is 4.30. The number of para-hydroxylation sites is 1. The van der Waals surface area contributed by atoms with E-state index in [1.807, 2.05) is 51.0 Å². The third kappa shape index (κ3) is 4.69. The lowest BCUT2D eigenvalue weighted by molar-refractivity contribution is 0.0698. The number of nitrogens with zero attached hydrogens (tertiary/aromatic N) is 5. The smallest absolute Gasteiger partial charge is 0.337 e. The molecule has 1 aliphatic heterocycles. The lowest BCUT2D eigenvalue weighted by Crippen LogP contribution is -2.36. The number of rotatable bonds is 6. The zero-order valence-electron chi connectivity index (χ0n) is 21.6. The molecular formula is C28H32N6O3. The number of carboxylic acid groups (broad SMARTS) is 1. The molecule has 4 aromatic rings. The lowest BCUT2D eigenvalue weighted by Gasteiger charge is -2.33. The van der Waals surface area contributed by atoms with E-state index in [-0.39, 0.29) is 17.2 Å². The van der Waals surface area contributed by atoms with Crippen LogP contribution in [0.2, 0.25) is 0 Å². The van der Waals surface area contributed by atoms with Gasteiger partial charge in [0, 0.05) is 49.7 Å². The van der Waals surface area contributed by atoms with Crippen LogP contribution >= 0.6 is 0 Å². The van der Waals surface area contributed by atoms with E-state index >= 15 is 0 Å². The minimum atomic E-state index is -0.995. The van der Waals surface area contributed by atoms with Crippen molar-refractivity contribution in [3.05, 3.63) is 87.1 Å². The summed E-state index contributed by atoms with van der Waals surface area (Å²) in [5.74, 6) is 0.120. The Hall–Kier alpha value is -4.14. The number of carbonyl (C=O) groups is 1. The van der Waals surface area contributed by atoms with Crippen LogP contribution in [0.4, 0.5) is 11.5 Å². The van der Waals surface area contributed by atoms with Crippen molar-refractivity contribution in [2.45, 2.75) is 45.6 Å². The molecule has 9 heteroatoms. The summed E-state index contributed by atoms with van der Waals surface area (Å²) < 4.78 is 3.46. The molecule has 37 heavy (non-hydrogen) atoms. The summed E-state index contributed by atoms with van der Waals surface area (Å²) in [6, 6.07) is 10.6. The van der Waals surface area contributed by atoms with Gasteiger partial charge in [-0.1, -0.05) is 12.1 Å². The van der Waals surface area contributed by atoms with Gasteiger partial charge >= 0.3 is 5.97 Å². The van der Waals surface area contributed by atoms with E-state index in [4.69, 9.17) is 4.98 Å². The van der Waals surface area contributed by atoms with Crippen molar-refractivity contribution in [3.8, 4) is 0 Å². The molecule has 192 valence electrons. The lowest BCUT2D eigenvalue weighted by atomic mass is 9.93. The number of hydrogen-bond acceptors (Lipinski definition) is 6. The highest BCUT2D eigenvalue weighted by Gasteiger charge is 2.26. The van der Waals surface area contributed by atoms with E-state index in [1.54, 1.807) is 28.7 Å². The Morgan fingerprint density at radius 2 is 1.89 bits per heavy atom. The van der Waals surface area contributed by atoms with E-state index in [2.05, 4.69) is 21.4 Å². The van der Waals surface area contributed by atoms with E-state index in [9.17, 15) is 14.7 Å². The number of fused-ring (bicyclic) bond motifs is 1. The van der Waals surface area contributed by atoms with Crippen molar-refractivity contribution >= 4 is 23.1 Å². The highest BCUT2D eigenvalue weighted by molar-refractivity contribution is 5.94. The van der Waals surface area contributed by atoms with Crippen LogP contribution in [-0.4, -0.2) is 43.3 Å². The number of pyridine rings is 1. The minimum absolute atomic E-state index is 0.0880. The molecule has 1 fully saturated rings. The fraction of sp³-hybridized carbons (Fsp3) is 0.357. The molecule has 4 heterocycles. The van der Waals surface area contributed by atoms with Crippen molar-refractivity contribution in [1.29, 1.82) is 0 Å². The number of carboxylic acids is 1. The molecule has 1 aliphatic rings. The van der Waals surface area contributed by atoms with Gasteiger partial charge < -0.3 is 15.3 Å². The third-order valence-electron chi connectivity index (χ3n) is 7.23. The average molecular weight is 501 g/mol. The van der Waals surface area contributed by atoms with Gasteiger partial charge in [0.1, 0.15) is 11.5 Å². The zero-order chi connectivity index (χ0) is 26.3. The van der Waals surface area contributed by atoms with Crippen LogP contribution in [0.3, 0.4) is 0 Å². The number of aromatic nitrogens is 4. The molecule has 0 spiro atoms. The Bertz CT molecular complexity index is 1530. The Morgan fingerprint density at radius 1 is 1.16 bits per heavy atom. The molecule has 0 bridgehead atoms. The molecule has 1 unspecified atom stereocenters. The quantitative estimate of drug-likeness (QED) is 0.407. The summed E-state index contributed by atoms with van der Waals surface area (Å²) in [4.78, 5) is 32.5. The Balaban J connectivity index is 1.50. The van der Waals surface area contributed by atoms with E-state index < -0.39 is 5.97 Å². The molecule has 0 radical (unpaired) electrons. The molecule has 1 atom stereocenters. The van der Waals surface area contributed by atoms with Gasteiger partial charge in [0.15, 0.2) is 0 Å². The van der Waals surface area contributed by atoms with Crippen LogP contribution in [0.15, 0.2) is 53.6 Å². The normalized spacial score (nSPS) is 15.2. The van der Waals surface area contributed by atoms with Gasteiger partial charge in [-0.15, -0.1) is 0 Å². The zero-order valence-corrected chi connectivity index (χ0v) is 21.6. The first-order valence-corrected chi connectivity index (χ1v) is 12.6. The molecule has 5 rings (SSSR count). The van der Waals surface area contributed by atoms with E-state index in [0.29, 0.717) is 28.6 Å². The predicted molar refractivity (Wildman–Crippen MR) is 144 cm³/mol. The Labute approximate surface area is 215 Å². The molecule has 0 amide bonds. The highest BCUT2D eigenvalue weighted by Crippen LogP contribution is 2.31. The summed E-state index contributed by atoms with van der Waals surface area (Å²) in [5, 5.41) is 17.5. The fourth-order valence-corrected chi connectivity index (χ4v) is 5.26. The van der Waals surface area contributed by atoms with Gasteiger partial charge in [-0.3, -0.25) is 13.9 Å². The molecule has 9 nitrogen and oxygen atoms in total. The molecule has 3 aromatic heterocycles. The number of nitrogens with one attached hydrogen (secondary N) is 1. The Morgan fingerprint density at radius 3 is 2.57 bits per heavy atom. The van der Waals surface area contributed by atoms with Crippen LogP contribution in [0, 0.1) is 13.8 Å². The maximum Gasteiger partial charge on any atom is 0.337 e. The molecule has 1 aromatic carbocycles. The van der Waals surface area contributed by atoms with Crippen LogP contribution < -0.4 is 15.8 Å². The minimum Gasteiger partial charge on any atom is -0.478 e. The van der Waals surface area contributed by atoms with Crippen LogP contribution in [0.5, 0.6) is 0 Å². The van der Waals surface area contributed by atoms with Crippen molar-refractivity contribution < 1.29 is 9.90 Å². The third-order valence-corrected chi connectivity index (χ3v) is 7.23. The standard InChI is InChI=1S/C28H32N6O3/c1-17-15-22(19(3)29-24-8-6-5-7-21(24)28(36)37)26-30-25(18(2)27(35)34(26)16-17)33-13-9-20(10-14-33)23-11-12-32(4)31-23/h5-8,11-12,15-16,19-20,29H,9-10,13-14H2,1-4H3,(H,36,37). The first kappa shape index (κ1) is 24.5. The van der Waals surface area contributed by atoms with Crippen LogP contribution in [0.1, 0.15) is 64.5 Å². The second kappa shape index (κ2) is 9.72. The SMILES string of the molecule is Cc1cc(C(C)Nc2ccccc2C(=O)O)c2nc(N3CCC(c4ccn(C)n4)CC3)c(C)c(=O)n2c1. The van der Waals surface area contributed by atoms with Gasteiger partial charge in [-0.25, -0.2) is 9.78 Å². The summed E-state index contributed by atoms with van der Waals surface area (Å²) in [7, 11) is 1.93. The summed E-state index contributed by atoms with van der Waals surface area (Å²) >= 11 is 0. The maximum atomic E-state index is 13.5. The van der Waals surface area contributed by atoms with E-state index in [1.165, 1.54) is 0 Å². The average Bonchev–Trinajstić information content (AvgIpc) is 3.32. The van der Waals surface area contributed by atoms with E-state index in [0.717, 1.165) is 42.8 Å². The molecule has 0 aliphatic carbocycles. The van der Waals surface area contributed by atoms with Crippen molar-refractivity contribution in [3.63, 3.8) is 0 Å². The van der Waals surface area contributed by atoms with Gasteiger partial charge in [0.05, 0.1) is 22.9 Å². The number of benzene rings is 1. The summed E-state index contributed by atoms with van der Waals surface area (Å²) in [6.45, 7) is 7.34. The highest BCUT2D eigenvalue weighted by atomic mass is 16.4. The number of aromatic carboxylic acids is 1. The molecular weight excluding hydrogens is 468 g/mol. The van der Waals surface area contributed by atoms with Gasteiger partial charge in [-0.2, -0.15) is 5.10 Å². The molecule has 0 saturated carbocycles. The fourth-order valence-electron chi connectivity index (χ4n) is 5.26. The number of aryl methyl sites for hydroxylation is 2. The summed E-state index contributed by atoms with van der Waals surface area (Å²) in [6.07, 6.45) is 5.69. The van der Waals surface area contributed by atoms with Crippen LogP contribution in [-0.2, 0) is 7.05 Å². The molecule has 2 N–H and O–H groups in total. The molecule has 1 saturated heterocycles. The van der Waals surface area contributed by atoms with Crippen molar-refractivity contribution in [1.82, 2.24) is 19.2 Å². The largest absolute Gasteiger partial charge is 0.478 e. The first-order chi connectivity index (χ1) is 17.7. The number of anilines is 2.